The number of benzene rings is 1. The topological polar surface area (TPSA) is 79.9 Å². The van der Waals surface area contributed by atoms with Crippen molar-refractivity contribution < 1.29 is 23.5 Å². The van der Waals surface area contributed by atoms with E-state index in [9.17, 15) is 14.0 Å². The van der Waals surface area contributed by atoms with Crippen molar-refractivity contribution in [2.75, 3.05) is 38.7 Å². The zero-order valence-electron chi connectivity index (χ0n) is 16.0. The number of hydrogen-bond donors (Lipinski definition) is 2. The van der Waals surface area contributed by atoms with Gasteiger partial charge in [-0.1, -0.05) is 0 Å². The van der Waals surface area contributed by atoms with E-state index in [0.29, 0.717) is 32.0 Å². The number of hydrogen-bond acceptors (Lipinski definition) is 4. The van der Waals surface area contributed by atoms with Crippen LogP contribution in [0.15, 0.2) is 18.2 Å². The van der Waals surface area contributed by atoms with Gasteiger partial charge in [-0.05, 0) is 37.8 Å². The predicted molar refractivity (Wildman–Crippen MR) is 101 cm³/mol. The summed E-state index contributed by atoms with van der Waals surface area (Å²) in [7, 11) is 1.39. The summed E-state index contributed by atoms with van der Waals surface area (Å²) < 4.78 is 24.3. The van der Waals surface area contributed by atoms with Crippen molar-refractivity contribution in [3.05, 3.63) is 24.0 Å². The van der Waals surface area contributed by atoms with Crippen LogP contribution in [0.1, 0.15) is 25.7 Å². The molecule has 28 heavy (non-hydrogen) atoms. The van der Waals surface area contributed by atoms with Gasteiger partial charge in [-0.2, -0.15) is 0 Å². The highest BCUT2D eigenvalue weighted by atomic mass is 19.1. The molecule has 3 fully saturated rings. The van der Waals surface area contributed by atoms with E-state index in [0.717, 1.165) is 25.7 Å². The Kier molecular flexibility index (Phi) is 5.14. The van der Waals surface area contributed by atoms with Crippen molar-refractivity contribution in [3.63, 3.8) is 0 Å². The van der Waals surface area contributed by atoms with Crippen molar-refractivity contribution >= 4 is 17.6 Å². The number of likely N-dealkylation sites (tertiary alicyclic amines) is 1. The number of methoxy groups -OCH3 is 1. The van der Waals surface area contributed by atoms with Crippen LogP contribution >= 0.6 is 0 Å². The van der Waals surface area contributed by atoms with Gasteiger partial charge in [0.15, 0.2) is 11.6 Å². The van der Waals surface area contributed by atoms with Crippen LogP contribution in [0.5, 0.6) is 5.75 Å². The Bertz CT molecular complexity index is 762. The number of halogens is 1. The van der Waals surface area contributed by atoms with E-state index in [1.807, 2.05) is 0 Å². The second-order valence-corrected chi connectivity index (χ2v) is 7.97. The fraction of sp³-hybridized carbons (Fsp3) is 0.600. The van der Waals surface area contributed by atoms with E-state index in [4.69, 9.17) is 9.47 Å². The highest BCUT2D eigenvalue weighted by Crippen LogP contribution is 2.45. The van der Waals surface area contributed by atoms with E-state index in [1.54, 1.807) is 11.0 Å². The lowest BCUT2D eigenvalue weighted by Gasteiger charge is -2.37. The highest BCUT2D eigenvalue weighted by Gasteiger charge is 2.52. The minimum Gasteiger partial charge on any atom is -0.494 e. The van der Waals surface area contributed by atoms with Gasteiger partial charge in [0.1, 0.15) is 0 Å². The number of urea groups is 1. The van der Waals surface area contributed by atoms with Gasteiger partial charge in [-0.15, -0.1) is 0 Å². The Labute approximate surface area is 163 Å². The summed E-state index contributed by atoms with van der Waals surface area (Å²) in [5.41, 5.74) is 0.106. The van der Waals surface area contributed by atoms with Gasteiger partial charge in [-0.3, -0.25) is 4.79 Å². The van der Waals surface area contributed by atoms with Gasteiger partial charge >= 0.3 is 6.03 Å². The van der Waals surface area contributed by atoms with Gasteiger partial charge in [-0.25, -0.2) is 9.18 Å². The largest absolute Gasteiger partial charge is 0.494 e. The molecular formula is C20H26FN3O4. The molecule has 1 aliphatic carbocycles. The highest BCUT2D eigenvalue weighted by molar-refractivity contribution is 5.91. The summed E-state index contributed by atoms with van der Waals surface area (Å²) in [5.74, 6) is -0.619. The summed E-state index contributed by atoms with van der Waals surface area (Å²) >= 11 is 0. The van der Waals surface area contributed by atoms with E-state index >= 15 is 0 Å². The SMILES string of the molecule is COc1ccc(NC(=O)N2C[C@@H](C(=O)NC3CC3)C3(CCOCC3)C2)cc1F. The molecule has 0 radical (unpaired) electrons. The molecular weight excluding hydrogens is 365 g/mol. The summed E-state index contributed by atoms with van der Waals surface area (Å²) in [6, 6.07) is 4.26. The van der Waals surface area contributed by atoms with Crippen molar-refractivity contribution in [3.8, 4) is 5.75 Å². The number of nitrogens with one attached hydrogen (secondary N) is 2. The van der Waals surface area contributed by atoms with Crippen LogP contribution in [-0.4, -0.2) is 56.3 Å². The predicted octanol–water partition coefficient (Wildman–Crippen LogP) is 2.37. The maximum atomic E-state index is 13.9. The Morgan fingerprint density at radius 2 is 2.04 bits per heavy atom. The molecule has 1 aromatic carbocycles. The molecule has 3 aliphatic rings. The maximum absolute atomic E-state index is 13.9. The molecule has 1 aromatic rings. The number of amides is 3. The minimum atomic E-state index is -0.538. The molecule has 2 aliphatic heterocycles. The van der Waals surface area contributed by atoms with Gasteiger partial charge in [0.25, 0.3) is 0 Å². The Morgan fingerprint density at radius 3 is 2.68 bits per heavy atom. The van der Waals surface area contributed by atoms with E-state index in [-0.39, 0.29) is 35.1 Å². The lowest BCUT2D eigenvalue weighted by Crippen LogP contribution is -2.45. The average molecular weight is 391 g/mol. The molecule has 152 valence electrons. The zero-order chi connectivity index (χ0) is 19.7. The molecule has 2 heterocycles. The Balaban J connectivity index is 1.47. The van der Waals surface area contributed by atoms with Crippen LogP contribution in [0.4, 0.5) is 14.9 Å². The number of carbonyl (C=O) groups is 2. The van der Waals surface area contributed by atoms with E-state index < -0.39 is 5.82 Å². The smallest absolute Gasteiger partial charge is 0.321 e. The third kappa shape index (κ3) is 3.78. The molecule has 1 saturated carbocycles. The summed E-state index contributed by atoms with van der Waals surface area (Å²) in [6.45, 7) is 2.07. The fourth-order valence-electron chi connectivity index (χ4n) is 4.25. The first kappa shape index (κ1) is 19.0. The normalized spacial score (nSPS) is 23.5. The quantitative estimate of drug-likeness (QED) is 0.826. The van der Waals surface area contributed by atoms with Crippen LogP contribution in [0.3, 0.4) is 0 Å². The zero-order valence-corrected chi connectivity index (χ0v) is 16.0. The number of rotatable bonds is 4. The molecule has 4 rings (SSSR count). The molecule has 8 heteroatoms. The van der Waals surface area contributed by atoms with E-state index in [1.165, 1.54) is 19.2 Å². The van der Waals surface area contributed by atoms with Gasteiger partial charge < -0.3 is 25.0 Å². The number of ether oxygens (including phenoxy) is 2. The van der Waals surface area contributed by atoms with E-state index in [2.05, 4.69) is 10.6 Å². The van der Waals surface area contributed by atoms with Gasteiger partial charge in [0.2, 0.25) is 5.91 Å². The van der Waals surface area contributed by atoms with Crippen LogP contribution in [0, 0.1) is 17.2 Å². The average Bonchev–Trinajstić information content (AvgIpc) is 3.42. The van der Waals surface area contributed by atoms with Crippen molar-refractivity contribution in [1.29, 1.82) is 0 Å². The Hall–Kier alpha value is -2.35. The van der Waals surface area contributed by atoms with Crippen LogP contribution in [0.2, 0.25) is 0 Å². The minimum absolute atomic E-state index is 0.0372. The fourth-order valence-corrected chi connectivity index (χ4v) is 4.25. The van der Waals surface area contributed by atoms with Crippen LogP contribution in [-0.2, 0) is 9.53 Å². The molecule has 7 nitrogen and oxygen atoms in total. The first-order valence-corrected chi connectivity index (χ1v) is 9.78. The molecule has 2 saturated heterocycles. The second kappa shape index (κ2) is 7.58. The standard InChI is InChI=1S/C20H26FN3O4/c1-27-17-5-4-14(10-16(17)21)23-19(26)24-11-15(18(25)22-13-2-3-13)20(12-24)6-8-28-9-7-20/h4-5,10,13,15H,2-3,6-9,11-12H2,1H3,(H,22,25)(H,23,26)/t15-/m0/s1. The molecule has 0 aromatic heterocycles. The van der Waals surface area contributed by atoms with Gasteiger partial charge in [0, 0.05) is 49.5 Å². The number of nitrogens with zero attached hydrogens (tertiary/aromatic N) is 1. The number of anilines is 1. The lowest BCUT2D eigenvalue weighted by molar-refractivity contribution is -0.130. The molecule has 1 spiro atoms. The first-order chi connectivity index (χ1) is 13.5. The molecule has 0 unspecified atom stereocenters. The molecule has 1 atom stereocenters. The third-order valence-corrected chi connectivity index (χ3v) is 6.07. The monoisotopic (exact) mass is 391 g/mol. The molecule has 2 N–H and O–H groups in total. The summed E-state index contributed by atoms with van der Waals surface area (Å²) in [5, 5.41) is 5.83. The first-order valence-electron chi connectivity index (χ1n) is 9.78. The second-order valence-electron chi connectivity index (χ2n) is 7.97. The van der Waals surface area contributed by atoms with Crippen molar-refractivity contribution in [1.82, 2.24) is 10.2 Å². The van der Waals surface area contributed by atoms with Crippen molar-refractivity contribution in [2.24, 2.45) is 11.3 Å². The van der Waals surface area contributed by atoms with Crippen molar-refractivity contribution in [2.45, 2.75) is 31.7 Å². The van der Waals surface area contributed by atoms with Gasteiger partial charge in [0.05, 0.1) is 13.0 Å². The third-order valence-electron chi connectivity index (χ3n) is 6.07. The lowest BCUT2D eigenvalue weighted by atomic mass is 9.71. The summed E-state index contributed by atoms with van der Waals surface area (Å²) in [4.78, 5) is 27.3. The maximum Gasteiger partial charge on any atom is 0.321 e. The molecule has 3 amide bonds. The number of carbonyl (C=O) groups excluding carboxylic acids is 2. The molecule has 0 bridgehead atoms. The van der Waals surface area contributed by atoms with Crippen LogP contribution < -0.4 is 15.4 Å². The van der Waals surface area contributed by atoms with Crippen LogP contribution in [0.25, 0.3) is 0 Å². The Morgan fingerprint density at radius 1 is 1.29 bits per heavy atom. The summed E-state index contributed by atoms with van der Waals surface area (Å²) in [6.07, 6.45) is 3.58.